The molecule has 0 saturated carbocycles. The topological polar surface area (TPSA) is 110 Å². The summed E-state index contributed by atoms with van der Waals surface area (Å²) >= 11 is 1.36. The smallest absolute Gasteiger partial charge is 0.295 e. The zero-order chi connectivity index (χ0) is 22.8. The van der Waals surface area contributed by atoms with Gasteiger partial charge in [0.1, 0.15) is 11.5 Å². The van der Waals surface area contributed by atoms with Crippen molar-refractivity contribution >= 4 is 34.5 Å². The molecular formula is C23H18N2O6S. The molecule has 1 aliphatic rings. The van der Waals surface area contributed by atoms with Crippen molar-refractivity contribution in [3.8, 4) is 5.75 Å². The van der Waals surface area contributed by atoms with Crippen LogP contribution < -0.4 is 4.74 Å². The zero-order valence-electron chi connectivity index (χ0n) is 16.9. The summed E-state index contributed by atoms with van der Waals surface area (Å²) in [6.07, 6.45) is 0. The number of aliphatic hydroxyl groups is 1. The molecule has 162 valence electrons. The van der Waals surface area contributed by atoms with E-state index in [0.717, 1.165) is 0 Å². The number of ketones is 1. The van der Waals surface area contributed by atoms with Gasteiger partial charge in [0.15, 0.2) is 0 Å². The Hall–Kier alpha value is -3.98. The van der Waals surface area contributed by atoms with Gasteiger partial charge in [0, 0.05) is 28.1 Å². The number of benzene rings is 2. The molecule has 9 heteroatoms. The zero-order valence-corrected chi connectivity index (χ0v) is 17.7. The van der Waals surface area contributed by atoms with Gasteiger partial charge in [-0.1, -0.05) is 24.3 Å². The van der Waals surface area contributed by atoms with E-state index in [0.29, 0.717) is 16.2 Å². The van der Waals surface area contributed by atoms with Crippen LogP contribution in [0.4, 0.5) is 5.69 Å². The first-order valence-electron chi connectivity index (χ1n) is 9.61. The minimum Gasteiger partial charge on any atom is -0.507 e. The maximum atomic E-state index is 13.0. The predicted molar refractivity (Wildman–Crippen MR) is 118 cm³/mol. The summed E-state index contributed by atoms with van der Waals surface area (Å²) in [5.41, 5.74) is 0.732. The second kappa shape index (κ2) is 8.64. The Balaban J connectivity index is 1.81. The minimum atomic E-state index is -0.811. The molecule has 1 aromatic heterocycles. The van der Waals surface area contributed by atoms with Gasteiger partial charge in [-0.15, -0.1) is 11.3 Å². The number of nitro benzene ring substituents is 1. The number of aliphatic hydroxyl groups excluding tert-OH is 1. The number of ether oxygens (including phenoxy) is 1. The Labute approximate surface area is 187 Å². The normalized spacial score (nSPS) is 17.5. The van der Waals surface area contributed by atoms with E-state index in [9.17, 15) is 24.8 Å². The molecule has 1 saturated heterocycles. The Bertz CT molecular complexity index is 1220. The van der Waals surface area contributed by atoms with E-state index in [2.05, 4.69) is 0 Å². The number of rotatable bonds is 6. The molecule has 8 nitrogen and oxygen atoms in total. The van der Waals surface area contributed by atoms with Crippen LogP contribution in [0.1, 0.15) is 22.0 Å². The third-order valence-electron chi connectivity index (χ3n) is 5.24. The molecule has 1 aliphatic heterocycles. The van der Waals surface area contributed by atoms with E-state index in [1.165, 1.54) is 47.6 Å². The first kappa shape index (κ1) is 21.3. The second-order valence-corrected chi connectivity index (χ2v) is 8.04. The molecule has 1 fully saturated rings. The van der Waals surface area contributed by atoms with Crippen LogP contribution in [0.3, 0.4) is 0 Å². The summed E-state index contributed by atoms with van der Waals surface area (Å²) in [6.45, 7) is 0.105. The van der Waals surface area contributed by atoms with Crippen molar-refractivity contribution in [1.82, 2.24) is 4.90 Å². The summed E-state index contributed by atoms with van der Waals surface area (Å²) in [5, 5.41) is 23.7. The van der Waals surface area contributed by atoms with Crippen molar-refractivity contribution in [3.63, 3.8) is 0 Å². The maximum Gasteiger partial charge on any atom is 0.295 e. The fourth-order valence-electron chi connectivity index (χ4n) is 3.70. The summed E-state index contributed by atoms with van der Waals surface area (Å²) in [4.78, 5) is 38.5. The lowest BCUT2D eigenvalue weighted by molar-refractivity contribution is -0.384. The van der Waals surface area contributed by atoms with Crippen molar-refractivity contribution in [2.45, 2.75) is 12.6 Å². The first-order chi connectivity index (χ1) is 15.4. The van der Waals surface area contributed by atoms with Crippen molar-refractivity contribution in [2.75, 3.05) is 7.11 Å². The highest BCUT2D eigenvalue weighted by atomic mass is 32.1. The van der Waals surface area contributed by atoms with Crippen molar-refractivity contribution < 1.29 is 24.4 Å². The highest BCUT2D eigenvalue weighted by Crippen LogP contribution is 2.42. The summed E-state index contributed by atoms with van der Waals surface area (Å²) < 4.78 is 5.38. The Morgan fingerprint density at radius 3 is 2.47 bits per heavy atom. The second-order valence-electron chi connectivity index (χ2n) is 7.06. The predicted octanol–water partition coefficient (Wildman–Crippen LogP) is 4.29. The largest absolute Gasteiger partial charge is 0.507 e. The third kappa shape index (κ3) is 3.74. The number of para-hydroxylation sites is 1. The van der Waals surface area contributed by atoms with Crippen molar-refractivity contribution in [3.05, 3.63) is 97.7 Å². The van der Waals surface area contributed by atoms with E-state index >= 15 is 0 Å². The first-order valence-corrected chi connectivity index (χ1v) is 10.5. The monoisotopic (exact) mass is 450 g/mol. The number of hydrogen-bond acceptors (Lipinski definition) is 7. The summed E-state index contributed by atoms with van der Waals surface area (Å²) in [7, 11) is 1.53. The van der Waals surface area contributed by atoms with E-state index < -0.39 is 22.7 Å². The Kier molecular flexibility index (Phi) is 5.74. The van der Waals surface area contributed by atoms with E-state index in [4.69, 9.17) is 4.74 Å². The number of non-ortho nitro benzene ring substituents is 1. The summed E-state index contributed by atoms with van der Waals surface area (Å²) in [6, 6.07) is 15.2. The van der Waals surface area contributed by atoms with Crippen LogP contribution in [0.5, 0.6) is 5.75 Å². The van der Waals surface area contributed by atoms with Gasteiger partial charge in [-0.3, -0.25) is 19.7 Å². The SMILES string of the molecule is COc1ccccc1CN1C(=O)C(=O)/C(=C(\O)c2ccc([N+](=O)[O-])cc2)C1c1cccs1. The van der Waals surface area contributed by atoms with Gasteiger partial charge in [-0.2, -0.15) is 0 Å². The van der Waals surface area contributed by atoms with Gasteiger partial charge in [-0.25, -0.2) is 0 Å². The van der Waals surface area contributed by atoms with E-state index in [-0.39, 0.29) is 29.1 Å². The number of hydrogen-bond donors (Lipinski definition) is 1. The van der Waals surface area contributed by atoms with Gasteiger partial charge in [0.05, 0.1) is 30.2 Å². The average Bonchev–Trinajstić information content (AvgIpc) is 3.42. The molecule has 0 aliphatic carbocycles. The van der Waals surface area contributed by atoms with Crippen LogP contribution in [0.25, 0.3) is 5.76 Å². The molecular weight excluding hydrogens is 432 g/mol. The molecule has 1 amide bonds. The van der Waals surface area contributed by atoms with E-state index in [1.54, 1.807) is 24.3 Å². The van der Waals surface area contributed by atoms with Crippen LogP contribution in [0.15, 0.2) is 71.6 Å². The lowest BCUT2D eigenvalue weighted by Crippen LogP contribution is -2.29. The molecule has 2 heterocycles. The average molecular weight is 450 g/mol. The molecule has 32 heavy (non-hydrogen) atoms. The van der Waals surface area contributed by atoms with Crippen LogP contribution in [0.2, 0.25) is 0 Å². The molecule has 0 spiro atoms. The highest BCUT2D eigenvalue weighted by Gasteiger charge is 2.46. The van der Waals surface area contributed by atoms with Gasteiger partial charge in [-0.05, 0) is 29.6 Å². The van der Waals surface area contributed by atoms with Crippen LogP contribution in [-0.4, -0.2) is 33.7 Å². The number of carbonyl (C=O) groups excluding carboxylic acids is 2. The van der Waals surface area contributed by atoms with Crippen LogP contribution in [0, 0.1) is 10.1 Å². The van der Waals surface area contributed by atoms with Gasteiger partial charge in [0.25, 0.3) is 17.4 Å². The number of methoxy groups -OCH3 is 1. The van der Waals surface area contributed by atoms with Crippen molar-refractivity contribution in [1.29, 1.82) is 0 Å². The third-order valence-corrected chi connectivity index (χ3v) is 6.16. The van der Waals surface area contributed by atoms with Gasteiger partial charge < -0.3 is 14.7 Å². The lowest BCUT2D eigenvalue weighted by Gasteiger charge is -2.25. The number of amides is 1. The maximum absolute atomic E-state index is 13.0. The minimum absolute atomic E-state index is 0.0544. The number of nitro groups is 1. The fraction of sp³-hybridized carbons (Fsp3) is 0.130. The number of likely N-dealkylation sites (tertiary alicyclic amines) is 1. The molecule has 0 bridgehead atoms. The Morgan fingerprint density at radius 2 is 1.84 bits per heavy atom. The van der Waals surface area contributed by atoms with Crippen LogP contribution >= 0.6 is 11.3 Å². The van der Waals surface area contributed by atoms with Gasteiger partial charge in [0.2, 0.25) is 0 Å². The van der Waals surface area contributed by atoms with Gasteiger partial charge >= 0.3 is 0 Å². The molecule has 4 rings (SSSR count). The lowest BCUT2D eigenvalue weighted by atomic mass is 9.99. The molecule has 1 atom stereocenters. The van der Waals surface area contributed by atoms with Crippen molar-refractivity contribution in [2.24, 2.45) is 0 Å². The molecule has 1 unspecified atom stereocenters. The van der Waals surface area contributed by atoms with Crippen LogP contribution in [-0.2, 0) is 16.1 Å². The Morgan fingerprint density at radius 1 is 1.12 bits per heavy atom. The molecule has 0 radical (unpaired) electrons. The molecule has 2 aromatic carbocycles. The fourth-order valence-corrected chi connectivity index (χ4v) is 4.54. The number of thiophene rings is 1. The standard InChI is InChI=1S/C23H18N2O6S/c1-31-17-6-3-2-5-15(17)13-24-20(18-7-4-12-32-18)19(22(27)23(24)28)21(26)14-8-10-16(11-9-14)25(29)30/h2-12,20,26H,13H2,1H3/b21-19-. The number of carbonyl (C=O) groups is 2. The molecule has 1 N–H and O–H groups in total. The number of Topliss-reactive ketones (excluding diaryl/α,β-unsaturated/α-hetero) is 1. The summed E-state index contributed by atoms with van der Waals surface area (Å²) in [5.74, 6) is -1.35. The van der Waals surface area contributed by atoms with E-state index in [1.807, 2.05) is 17.5 Å². The molecule has 3 aromatic rings. The quantitative estimate of drug-likeness (QED) is 0.197. The highest BCUT2D eigenvalue weighted by molar-refractivity contribution is 7.10. The number of nitrogens with zero attached hydrogens (tertiary/aromatic N) is 2.